The lowest BCUT2D eigenvalue weighted by molar-refractivity contribution is -0.122. The molecule has 2 aliphatic heterocycles. The number of carbonyl (C=O) groups excluding carboxylic acids is 1. The molecule has 3 atom stereocenters. The Morgan fingerprint density at radius 3 is 2.39 bits per heavy atom. The Balaban J connectivity index is 1.40. The van der Waals surface area contributed by atoms with Crippen LogP contribution in [-0.4, -0.2) is 49.2 Å². The van der Waals surface area contributed by atoms with Gasteiger partial charge in [0.25, 0.3) is 0 Å². The van der Waals surface area contributed by atoms with Crippen molar-refractivity contribution in [1.29, 1.82) is 0 Å². The van der Waals surface area contributed by atoms with Gasteiger partial charge in [-0.05, 0) is 62.7 Å². The van der Waals surface area contributed by atoms with Crippen LogP contribution in [-0.2, 0) is 22.6 Å². The molecule has 2 aliphatic rings. The molecule has 0 aromatic heterocycles. The van der Waals surface area contributed by atoms with Gasteiger partial charge in [-0.25, -0.2) is 0 Å². The van der Waals surface area contributed by atoms with Crippen molar-refractivity contribution in [3.8, 4) is 0 Å². The van der Waals surface area contributed by atoms with Crippen molar-refractivity contribution >= 4 is 5.91 Å². The van der Waals surface area contributed by atoms with Crippen LogP contribution in [0.25, 0.3) is 0 Å². The van der Waals surface area contributed by atoms with Crippen molar-refractivity contribution in [3.63, 3.8) is 0 Å². The van der Waals surface area contributed by atoms with Crippen molar-refractivity contribution in [2.45, 2.75) is 65.3 Å². The molecule has 2 fully saturated rings. The summed E-state index contributed by atoms with van der Waals surface area (Å²) in [6, 6.07) is 8.65. The fourth-order valence-electron chi connectivity index (χ4n) is 4.58. The molecule has 2 heterocycles. The largest absolute Gasteiger partial charge is 0.373 e. The number of piperidine rings is 1. The van der Waals surface area contributed by atoms with Crippen LogP contribution in [0.4, 0.5) is 0 Å². The predicted octanol–water partition coefficient (Wildman–Crippen LogP) is 2.94. The summed E-state index contributed by atoms with van der Waals surface area (Å²) in [5, 5.41) is 6.49. The lowest BCUT2D eigenvalue weighted by atomic mass is 9.84. The molecule has 3 rings (SSSR count). The van der Waals surface area contributed by atoms with E-state index < -0.39 is 0 Å². The Bertz CT molecular complexity index is 603. The van der Waals surface area contributed by atoms with Gasteiger partial charge in [-0.15, -0.1) is 0 Å². The first-order chi connectivity index (χ1) is 13.5. The molecule has 1 aromatic rings. The minimum absolute atomic E-state index is 0.173. The molecule has 2 N–H and O–H groups in total. The van der Waals surface area contributed by atoms with Crippen LogP contribution in [0, 0.1) is 11.8 Å². The average molecular weight is 388 g/mol. The van der Waals surface area contributed by atoms with Crippen molar-refractivity contribution in [2.75, 3.05) is 26.2 Å². The topological polar surface area (TPSA) is 53.6 Å². The molecule has 1 amide bonds. The van der Waals surface area contributed by atoms with Gasteiger partial charge in [0, 0.05) is 32.6 Å². The second kappa shape index (κ2) is 10.4. The third-order valence-corrected chi connectivity index (χ3v) is 6.11. The molecule has 3 unspecified atom stereocenters. The molecular formula is C23H37N3O2. The zero-order valence-electron chi connectivity index (χ0n) is 17.7. The molecule has 1 aromatic carbocycles. The summed E-state index contributed by atoms with van der Waals surface area (Å²) in [5.74, 6) is 1.31. The molecule has 156 valence electrons. The first kappa shape index (κ1) is 21.3. The highest BCUT2D eigenvalue weighted by molar-refractivity contribution is 5.76. The number of hydrogen-bond acceptors (Lipinski definition) is 4. The third kappa shape index (κ3) is 6.57. The smallest absolute Gasteiger partial charge is 0.220 e. The lowest BCUT2D eigenvalue weighted by Crippen LogP contribution is -2.44. The highest BCUT2D eigenvalue weighted by Gasteiger charge is 2.23. The minimum Gasteiger partial charge on any atom is -0.373 e. The highest BCUT2D eigenvalue weighted by Crippen LogP contribution is 2.24. The maximum atomic E-state index is 12.3. The Morgan fingerprint density at radius 2 is 1.75 bits per heavy atom. The second-order valence-electron chi connectivity index (χ2n) is 8.81. The molecule has 0 bridgehead atoms. The van der Waals surface area contributed by atoms with E-state index >= 15 is 0 Å². The molecule has 0 radical (unpaired) electrons. The lowest BCUT2D eigenvalue weighted by Gasteiger charge is -2.35. The molecule has 0 spiro atoms. The number of morpholine rings is 1. The number of nitrogens with zero attached hydrogens (tertiary/aromatic N) is 1. The number of ether oxygens (including phenoxy) is 1. The van der Waals surface area contributed by atoms with Crippen LogP contribution in [0.3, 0.4) is 0 Å². The number of benzene rings is 1. The fraction of sp³-hybridized carbons (Fsp3) is 0.696. The molecular weight excluding hydrogens is 350 g/mol. The first-order valence-corrected chi connectivity index (χ1v) is 10.9. The Kier molecular flexibility index (Phi) is 7.89. The first-order valence-electron chi connectivity index (χ1n) is 10.9. The normalized spacial score (nSPS) is 25.4. The van der Waals surface area contributed by atoms with Crippen molar-refractivity contribution in [3.05, 3.63) is 35.4 Å². The van der Waals surface area contributed by atoms with Gasteiger partial charge in [-0.1, -0.05) is 31.2 Å². The third-order valence-electron chi connectivity index (χ3n) is 6.11. The van der Waals surface area contributed by atoms with Crippen molar-refractivity contribution < 1.29 is 9.53 Å². The fourth-order valence-corrected chi connectivity index (χ4v) is 4.58. The Hall–Kier alpha value is -1.43. The van der Waals surface area contributed by atoms with E-state index in [0.717, 1.165) is 38.3 Å². The van der Waals surface area contributed by atoms with Gasteiger partial charge in [-0.2, -0.15) is 0 Å². The zero-order valence-corrected chi connectivity index (χ0v) is 17.7. The van der Waals surface area contributed by atoms with E-state index in [2.05, 4.69) is 60.6 Å². The van der Waals surface area contributed by atoms with Crippen molar-refractivity contribution in [1.82, 2.24) is 15.5 Å². The Morgan fingerprint density at radius 1 is 1.14 bits per heavy atom. The van der Waals surface area contributed by atoms with Gasteiger partial charge in [-0.3, -0.25) is 9.69 Å². The summed E-state index contributed by atoms with van der Waals surface area (Å²) >= 11 is 0. The van der Waals surface area contributed by atoms with Crippen LogP contribution in [0.2, 0.25) is 0 Å². The summed E-state index contributed by atoms with van der Waals surface area (Å²) < 4.78 is 5.81. The van der Waals surface area contributed by atoms with E-state index in [1.54, 1.807) is 0 Å². The van der Waals surface area contributed by atoms with E-state index in [1.165, 1.54) is 18.4 Å². The van der Waals surface area contributed by atoms with Crippen LogP contribution < -0.4 is 10.6 Å². The summed E-state index contributed by atoms with van der Waals surface area (Å²) in [6.45, 7) is 12.2. The number of rotatable bonds is 7. The minimum atomic E-state index is 0.173. The van der Waals surface area contributed by atoms with Crippen LogP contribution in [0.15, 0.2) is 24.3 Å². The van der Waals surface area contributed by atoms with Gasteiger partial charge in [0.2, 0.25) is 5.91 Å². The zero-order chi connectivity index (χ0) is 19.9. The quantitative estimate of drug-likeness (QED) is 0.755. The maximum absolute atomic E-state index is 12.3. The van der Waals surface area contributed by atoms with Crippen LogP contribution in [0.5, 0.6) is 0 Å². The maximum Gasteiger partial charge on any atom is 0.220 e. The summed E-state index contributed by atoms with van der Waals surface area (Å²) in [4.78, 5) is 14.8. The van der Waals surface area contributed by atoms with E-state index in [1.807, 2.05) is 0 Å². The number of hydrogen-bond donors (Lipinski definition) is 2. The summed E-state index contributed by atoms with van der Waals surface area (Å²) in [6.07, 6.45) is 3.61. The molecule has 0 aliphatic carbocycles. The monoisotopic (exact) mass is 387 g/mol. The standard InChI is InChI=1S/C23H37N3O2/c1-17(22-8-10-24-11-9-22)12-23(27)25-13-20-4-6-21(7-5-20)16-26-14-18(2)28-19(3)15-26/h4-7,17-19,22,24H,8-16H2,1-3H3,(H,25,27). The highest BCUT2D eigenvalue weighted by atomic mass is 16.5. The van der Waals surface area contributed by atoms with E-state index in [-0.39, 0.29) is 5.91 Å². The van der Waals surface area contributed by atoms with Gasteiger partial charge in [0.1, 0.15) is 0 Å². The predicted molar refractivity (Wildman–Crippen MR) is 113 cm³/mol. The van der Waals surface area contributed by atoms with Crippen LogP contribution >= 0.6 is 0 Å². The SMILES string of the molecule is CC1CN(Cc2ccc(CNC(=O)CC(C)C3CCNCC3)cc2)CC(C)O1. The van der Waals surface area contributed by atoms with E-state index in [0.29, 0.717) is 37.0 Å². The number of nitrogens with one attached hydrogen (secondary N) is 2. The molecule has 5 heteroatoms. The van der Waals surface area contributed by atoms with Gasteiger partial charge in [0.05, 0.1) is 12.2 Å². The van der Waals surface area contributed by atoms with E-state index in [4.69, 9.17) is 4.74 Å². The van der Waals surface area contributed by atoms with Crippen LogP contribution in [0.1, 0.15) is 51.2 Å². The van der Waals surface area contributed by atoms with Crippen molar-refractivity contribution in [2.24, 2.45) is 11.8 Å². The number of amides is 1. The molecule has 0 saturated carbocycles. The summed E-state index contributed by atoms with van der Waals surface area (Å²) in [7, 11) is 0. The van der Waals surface area contributed by atoms with Gasteiger partial charge < -0.3 is 15.4 Å². The molecule has 5 nitrogen and oxygen atoms in total. The van der Waals surface area contributed by atoms with E-state index in [9.17, 15) is 4.79 Å². The molecule has 28 heavy (non-hydrogen) atoms. The second-order valence-corrected chi connectivity index (χ2v) is 8.81. The molecule has 2 saturated heterocycles. The summed E-state index contributed by atoms with van der Waals surface area (Å²) in [5.41, 5.74) is 2.48. The average Bonchev–Trinajstić information content (AvgIpc) is 2.67. The van der Waals surface area contributed by atoms with Gasteiger partial charge >= 0.3 is 0 Å². The number of carbonyl (C=O) groups is 1. The Labute approximate surface area is 170 Å². The van der Waals surface area contributed by atoms with Gasteiger partial charge in [0.15, 0.2) is 0 Å².